The molecule has 0 spiro atoms. The molecule has 1 aliphatic heterocycles. The maximum Gasteiger partial charge on any atom is 0.254 e. The number of aryl methyl sites for hydroxylation is 1. The first kappa shape index (κ1) is 12.9. The van der Waals surface area contributed by atoms with Gasteiger partial charge in [0.1, 0.15) is 0 Å². The third-order valence-corrected chi connectivity index (χ3v) is 3.81. The highest BCUT2D eigenvalue weighted by Crippen LogP contribution is 2.31. The van der Waals surface area contributed by atoms with Crippen LogP contribution in [-0.2, 0) is 0 Å². The number of rotatable bonds is 2. The molecule has 1 aliphatic rings. The van der Waals surface area contributed by atoms with E-state index in [9.17, 15) is 4.79 Å². The van der Waals surface area contributed by atoms with Gasteiger partial charge in [0, 0.05) is 18.3 Å². The molecular formula is C17H18N2O. The molecule has 0 radical (unpaired) electrons. The molecule has 1 saturated heterocycles. The number of aromatic nitrogens is 1. The Labute approximate surface area is 119 Å². The van der Waals surface area contributed by atoms with E-state index in [1.165, 1.54) is 0 Å². The van der Waals surface area contributed by atoms with Crippen molar-refractivity contribution in [2.75, 3.05) is 6.54 Å². The Morgan fingerprint density at radius 2 is 2.15 bits per heavy atom. The van der Waals surface area contributed by atoms with Gasteiger partial charge in [0.25, 0.3) is 5.91 Å². The van der Waals surface area contributed by atoms with Crippen LogP contribution in [0.2, 0.25) is 0 Å². The first-order chi connectivity index (χ1) is 9.75. The predicted molar refractivity (Wildman–Crippen MR) is 78.4 cm³/mol. The van der Waals surface area contributed by atoms with Crippen molar-refractivity contribution in [3.8, 4) is 0 Å². The number of hydrogen-bond donors (Lipinski definition) is 0. The van der Waals surface area contributed by atoms with Crippen molar-refractivity contribution in [2.45, 2.75) is 25.8 Å². The average Bonchev–Trinajstić information content (AvgIpc) is 2.97. The second-order valence-corrected chi connectivity index (χ2v) is 5.28. The summed E-state index contributed by atoms with van der Waals surface area (Å²) in [7, 11) is 0. The number of amides is 1. The van der Waals surface area contributed by atoms with E-state index in [2.05, 4.69) is 4.98 Å². The fraction of sp³-hybridized carbons (Fsp3) is 0.294. The molecule has 3 nitrogen and oxygen atoms in total. The standard InChI is InChI=1S/C17H18N2O/c1-13-6-4-7-14(12-13)17(20)19-11-5-9-16(19)15-8-2-3-10-18-15/h2-4,6-8,10,12,16H,5,9,11H2,1H3. The van der Waals surface area contributed by atoms with Crippen molar-refractivity contribution in [1.29, 1.82) is 0 Å². The quantitative estimate of drug-likeness (QED) is 0.835. The van der Waals surface area contributed by atoms with Gasteiger partial charge in [-0.1, -0.05) is 23.8 Å². The van der Waals surface area contributed by atoms with Crippen LogP contribution in [0.3, 0.4) is 0 Å². The molecule has 102 valence electrons. The van der Waals surface area contributed by atoms with Crippen LogP contribution in [0.25, 0.3) is 0 Å². The van der Waals surface area contributed by atoms with E-state index in [4.69, 9.17) is 0 Å². The van der Waals surface area contributed by atoms with Gasteiger partial charge in [0.2, 0.25) is 0 Å². The van der Waals surface area contributed by atoms with Gasteiger partial charge < -0.3 is 4.90 Å². The first-order valence-corrected chi connectivity index (χ1v) is 7.04. The van der Waals surface area contributed by atoms with Crippen molar-refractivity contribution < 1.29 is 4.79 Å². The molecule has 1 aromatic carbocycles. The zero-order chi connectivity index (χ0) is 13.9. The normalized spacial score (nSPS) is 18.2. The zero-order valence-electron chi connectivity index (χ0n) is 11.6. The summed E-state index contributed by atoms with van der Waals surface area (Å²) in [6, 6.07) is 13.8. The molecular weight excluding hydrogens is 248 g/mol. The molecule has 0 bridgehead atoms. The van der Waals surface area contributed by atoms with Gasteiger partial charge in [-0.3, -0.25) is 9.78 Å². The highest BCUT2D eigenvalue weighted by atomic mass is 16.2. The number of pyridine rings is 1. The van der Waals surface area contributed by atoms with E-state index >= 15 is 0 Å². The topological polar surface area (TPSA) is 33.2 Å². The Kier molecular flexibility index (Phi) is 3.50. The Balaban J connectivity index is 1.87. The molecule has 2 aromatic rings. The van der Waals surface area contributed by atoms with Gasteiger partial charge in [0.15, 0.2) is 0 Å². The SMILES string of the molecule is Cc1cccc(C(=O)N2CCCC2c2ccccn2)c1. The molecule has 1 unspecified atom stereocenters. The van der Waals surface area contributed by atoms with Crippen LogP contribution in [0, 0.1) is 6.92 Å². The van der Waals surface area contributed by atoms with Gasteiger partial charge in [-0.2, -0.15) is 0 Å². The molecule has 1 fully saturated rings. The number of carbonyl (C=O) groups is 1. The smallest absolute Gasteiger partial charge is 0.254 e. The minimum atomic E-state index is 0.113. The molecule has 0 saturated carbocycles. The zero-order valence-corrected chi connectivity index (χ0v) is 11.6. The monoisotopic (exact) mass is 266 g/mol. The van der Waals surface area contributed by atoms with E-state index in [-0.39, 0.29) is 11.9 Å². The summed E-state index contributed by atoms with van der Waals surface area (Å²) >= 11 is 0. The van der Waals surface area contributed by atoms with Crippen LogP contribution in [0.1, 0.15) is 40.5 Å². The number of benzene rings is 1. The van der Waals surface area contributed by atoms with Crippen LogP contribution in [0.4, 0.5) is 0 Å². The molecule has 3 rings (SSSR count). The summed E-state index contributed by atoms with van der Waals surface area (Å²) in [5.74, 6) is 0.113. The van der Waals surface area contributed by atoms with Crippen LogP contribution < -0.4 is 0 Å². The van der Waals surface area contributed by atoms with E-state index < -0.39 is 0 Å². The fourth-order valence-electron chi connectivity index (χ4n) is 2.83. The van der Waals surface area contributed by atoms with Crippen molar-refractivity contribution in [2.24, 2.45) is 0 Å². The summed E-state index contributed by atoms with van der Waals surface area (Å²) < 4.78 is 0. The molecule has 1 atom stereocenters. The average molecular weight is 266 g/mol. The summed E-state index contributed by atoms with van der Waals surface area (Å²) in [5, 5.41) is 0. The summed E-state index contributed by atoms with van der Waals surface area (Å²) in [4.78, 5) is 19.0. The summed E-state index contributed by atoms with van der Waals surface area (Å²) in [5.41, 5.74) is 2.88. The van der Waals surface area contributed by atoms with Crippen molar-refractivity contribution >= 4 is 5.91 Å². The van der Waals surface area contributed by atoms with Crippen molar-refractivity contribution in [1.82, 2.24) is 9.88 Å². The lowest BCUT2D eigenvalue weighted by atomic mass is 10.1. The Bertz CT molecular complexity index is 609. The number of carbonyl (C=O) groups excluding carboxylic acids is 1. The maximum atomic E-state index is 12.7. The van der Waals surface area contributed by atoms with Crippen LogP contribution in [0.15, 0.2) is 48.7 Å². The second-order valence-electron chi connectivity index (χ2n) is 5.28. The number of likely N-dealkylation sites (tertiary alicyclic amines) is 1. The maximum absolute atomic E-state index is 12.7. The highest BCUT2D eigenvalue weighted by Gasteiger charge is 2.31. The molecule has 0 aliphatic carbocycles. The van der Waals surface area contributed by atoms with E-state index in [1.807, 2.05) is 54.3 Å². The Hall–Kier alpha value is -2.16. The van der Waals surface area contributed by atoms with Gasteiger partial charge in [-0.25, -0.2) is 0 Å². The predicted octanol–water partition coefficient (Wildman–Crippen LogP) is 3.37. The molecule has 20 heavy (non-hydrogen) atoms. The number of hydrogen-bond acceptors (Lipinski definition) is 2. The minimum Gasteiger partial charge on any atom is -0.330 e. The van der Waals surface area contributed by atoms with Crippen LogP contribution in [0.5, 0.6) is 0 Å². The number of nitrogens with zero attached hydrogens (tertiary/aromatic N) is 2. The van der Waals surface area contributed by atoms with Gasteiger partial charge in [-0.05, 0) is 44.0 Å². The Morgan fingerprint density at radius 1 is 1.25 bits per heavy atom. The minimum absolute atomic E-state index is 0.113. The third kappa shape index (κ3) is 2.44. The lowest BCUT2D eigenvalue weighted by molar-refractivity contribution is 0.0733. The Morgan fingerprint density at radius 3 is 2.90 bits per heavy atom. The van der Waals surface area contributed by atoms with Gasteiger partial charge >= 0.3 is 0 Å². The van der Waals surface area contributed by atoms with E-state index in [1.54, 1.807) is 6.20 Å². The van der Waals surface area contributed by atoms with E-state index in [0.717, 1.165) is 36.2 Å². The van der Waals surface area contributed by atoms with Crippen molar-refractivity contribution in [3.05, 3.63) is 65.5 Å². The second kappa shape index (κ2) is 5.45. The third-order valence-electron chi connectivity index (χ3n) is 3.81. The molecule has 1 aromatic heterocycles. The van der Waals surface area contributed by atoms with E-state index in [0.29, 0.717) is 0 Å². The molecule has 1 amide bonds. The molecule has 0 N–H and O–H groups in total. The summed E-state index contributed by atoms with van der Waals surface area (Å²) in [6.07, 6.45) is 3.83. The highest BCUT2D eigenvalue weighted by molar-refractivity contribution is 5.94. The van der Waals surface area contributed by atoms with Crippen molar-refractivity contribution in [3.63, 3.8) is 0 Å². The summed E-state index contributed by atoms with van der Waals surface area (Å²) in [6.45, 7) is 2.82. The molecule has 2 heterocycles. The van der Waals surface area contributed by atoms with Crippen LogP contribution >= 0.6 is 0 Å². The first-order valence-electron chi connectivity index (χ1n) is 7.04. The lowest BCUT2D eigenvalue weighted by Crippen LogP contribution is -2.31. The van der Waals surface area contributed by atoms with Crippen LogP contribution in [-0.4, -0.2) is 22.3 Å². The van der Waals surface area contributed by atoms with Gasteiger partial charge in [0.05, 0.1) is 11.7 Å². The van der Waals surface area contributed by atoms with Gasteiger partial charge in [-0.15, -0.1) is 0 Å². The lowest BCUT2D eigenvalue weighted by Gasteiger charge is -2.24. The molecule has 3 heteroatoms. The largest absolute Gasteiger partial charge is 0.330 e. The fourth-order valence-corrected chi connectivity index (χ4v) is 2.83.